The zero-order valence-corrected chi connectivity index (χ0v) is 7.28. The van der Waals surface area contributed by atoms with Crippen LogP contribution in [0.15, 0.2) is 24.5 Å². The van der Waals surface area contributed by atoms with Gasteiger partial charge in [-0.2, -0.15) is 0 Å². The first-order valence-electron chi connectivity index (χ1n) is 3.67. The molecule has 5 heteroatoms. The second-order valence-electron chi connectivity index (χ2n) is 2.19. The van der Waals surface area contributed by atoms with Gasteiger partial charge in [0.2, 0.25) is 5.91 Å². The van der Waals surface area contributed by atoms with Crippen molar-refractivity contribution in [3.05, 3.63) is 24.5 Å². The highest BCUT2D eigenvalue weighted by Gasteiger charge is 1.94. The molecule has 0 saturated carbocycles. The number of amides is 1. The van der Waals surface area contributed by atoms with Gasteiger partial charge in [-0.1, -0.05) is 0 Å². The van der Waals surface area contributed by atoms with Gasteiger partial charge in [-0.25, -0.2) is 0 Å². The van der Waals surface area contributed by atoms with E-state index in [1.807, 2.05) is 24.5 Å². The fraction of sp³-hybridized carbons (Fsp3) is 0.250. The lowest BCUT2D eigenvalue weighted by molar-refractivity contribution is -0.137. The Morgan fingerprint density at radius 1 is 1.38 bits per heavy atom. The Morgan fingerprint density at radius 3 is 2.08 bits per heavy atom. The predicted octanol–water partition coefficient (Wildman–Crippen LogP) is 0.222. The average molecular weight is 184 g/mol. The van der Waals surface area contributed by atoms with Gasteiger partial charge in [0.25, 0.3) is 0 Å². The first kappa shape index (κ1) is 11.2. The molecule has 72 valence electrons. The maximum absolute atomic E-state index is 9.97. The van der Waals surface area contributed by atoms with Crippen LogP contribution in [0.4, 0.5) is 0 Å². The molecule has 1 amide bonds. The summed E-state index contributed by atoms with van der Waals surface area (Å²) in [7, 11) is 0. The summed E-state index contributed by atoms with van der Waals surface area (Å²) < 4.78 is 0. The minimum atomic E-state index is -1.03. The van der Waals surface area contributed by atoms with Crippen LogP contribution in [0.3, 0.4) is 0 Å². The summed E-state index contributed by atoms with van der Waals surface area (Å²) in [5.41, 5.74) is 0. The highest BCUT2D eigenvalue weighted by atomic mass is 16.4. The van der Waals surface area contributed by atoms with Crippen molar-refractivity contribution in [2.24, 2.45) is 0 Å². The van der Waals surface area contributed by atoms with Crippen molar-refractivity contribution in [2.75, 3.05) is 6.54 Å². The van der Waals surface area contributed by atoms with Crippen molar-refractivity contribution in [3.63, 3.8) is 0 Å². The number of H-pyrrole nitrogens is 1. The van der Waals surface area contributed by atoms with Crippen LogP contribution in [0.1, 0.15) is 6.92 Å². The van der Waals surface area contributed by atoms with Crippen molar-refractivity contribution < 1.29 is 14.7 Å². The molecule has 0 atom stereocenters. The lowest BCUT2D eigenvalue weighted by Crippen LogP contribution is -2.26. The Kier molecular flexibility index (Phi) is 5.96. The minimum Gasteiger partial charge on any atom is -0.480 e. The number of nitrogens with one attached hydrogen (secondary N) is 2. The lowest BCUT2D eigenvalue weighted by atomic mass is 10.6. The van der Waals surface area contributed by atoms with Gasteiger partial charge in [0, 0.05) is 19.3 Å². The standard InChI is InChI=1S/C4H7NO3.C4H5N/c1-3(6)5-2-4(7)8;1-2-4-5-3-1/h2H2,1H3,(H,5,6)(H,7,8);1-5H. The Morgan fingerprint density at radius 2 is 1.92 bits per heavy atom. The molecule has 0 bridgehead atoms. The zero-order valence-electron chi connectivity index (χ0n) is 7.28. The Hall–Kier alpha value is -1.78. The normalized spacial score (nSPS) is 8.08. The van der Waals surface area contributed by atoms with E-state index in [1.54, 1.807) is 0 Å². The Balaban J connectivity index is 0.000000243. The topological polar surface area (TPSA) is 82.2 Å². The van der Waals surface area contributed by atoms with Crippen LogP contribution in [0, 0.1) is 0 Å². The van der Waals surface area contributed by atoms with Crippen LogP contribution in [0.2, 0.25) is 0 Å². The van der Waals surface area contributed by atoms with Crippen LogP contribution in [0.5, 0.6) is 0 Å². The van der Waals surface area contributed by atoms with Crippen molar-refractivity contribution in [2.45, 2.75) is 6.92 Å². The van der Waals surface area contributed by atoms with Gasteiger partial charge in [-0.05, 0) is 12.1 Å². The number of aromatic amines is 1. The molecule has 0 fully saturated rings. The molecule has 1 heterocycles. The SMILES string of the molecule is CC(=O)NCC(=O)O.c1cc[nH]c1. The highest BCUT2D eigenvalue weighted by Crippen LogP contribution is 1.72. The molecule has 0 aliphatic carbocycles. The summed E-state index contributed by atoms with van der Waals surface area (Å²) in [6.45, 7) is 0.971. The summed E-state index contributed by atoms with van der Waals surface area (Å²) in [6, 6.07) is 3.89. The quantitative estimate of drug-likeness (QED) is 0.615. The number of aliphatic carboxylic acids is 1. The van der Waals surface area contributed by atoms with Gasteiger partial charge >= 0.3 is 5.97 Å². The van der Waals surface area contributed by atoms with Crippen molar-refractivity contribution in [3.8, 4) is 0 Å². The van der Waals surface area contributed by atoms with Gasteiger partial charge in [0.15, 0.2) is 0 Å². The zero-order chi connectivity index (χ0) is 10.1. The number of hydrogen-bond acceptors (Lipinski definition) is 2. The van der Waals surface area contributed by atoms with E-state index in [9.17, 15) is 9.59 Å². The van der Waals surface area contributed by atoms with E-state index >= 15 is 0 Å². The molecule has 3 N–H and O–H groups in total. The first-order valence-corrected chi connectivity index (χ1v) is 3.67. The molecule has 1 aromatic rings. The van der Waals surface area contributed by atoms with Crippen LogP contribution in [0.25, 0.3) is 0 Å². The van der Waals surface area contributed by atoms with Crippen LogP contribution < -0.4 is 5.32 Å². The van der Waals surface area contributed by atoms with E-state index in [4.69, 9.17) is 5.11 Å². The molecule has 0 spiro atoms. The van der Waals surface area contributed by atoms with E-state index in [-0.39, 0.29) is 12.5 Å². The smallest absolute Gasteiger partial charge is 0.322 e. The molecule has 13 heavy (non-hydrogen) atoms. The molecule has 0 unspecified atom stereocenters. The molecule has 5 nitrogen and oxygen atoms in total. The fourth-order valence-corrected chi connectivity index (χ4v) is 0.478. The summed E-state index contributed by atoms with van der Waals surface area (Å²) in [5.74, 6) is -1.35. The second kappa shape index (κ2) is 6.90. The molecule has 0 aliphatic heterocycles. The summed E-state index contributed by atoms with van der Waals surface area (Å²) in [5, 5.41) is 10.1. The van der Waals surface area contributed by atoms with Crippen LogP contribution in [-0.2, 0) is 9.59 Å². The molecule has 0 aromatic carbocycles. The minimum absolute atomic E-state index is 0.296. The monoisotopic (exact) mass is 184 g/mol. The molecular weight excluding hydrogens is 172 g/mol. The van der Waals surface area contributed by atoms with Crippen molar-refractivity contribution >= 4 is 11.9 Å². The van der Waals surface area contributed by atoms with E-state index in [0.29, 0.717) is 0 Å². The van der Waals surface area contributed by atoms with Gasteiger partial charge < -0.3 is 15.4 Å². The van der Waals surface area contributed by atoms with Crippen LogP contribution in [-0.4, -0.2) is 28.5 Å². The van der Waals surface area contributed by atoms with Crippen molar-refractivity contribution in [1.82, 2.24) is 10.3 Å². The van der Waals surface area contributed by atoms with Gasteiger partial charge in [0.05, 0.1) is 0 Å². The molecule has 0 radical (unpaired) electrons. The third-order valence-corrected chi connectivity index (χ3v) is 0.985. The second-order valence-corrected chi connectivity index (χ2v) is 2.19. The summed E-state index contributed by atoms with van der Waals surface area (Å²) in [6.07, 6.45) is 3.75. The van der Waals surface area contributed by atoms with Gasteiger partial charge in [0.1, 0.15) is 6.54 Å². The van der Waals surface area contributed by atoms with E-state index in [0.717, 1.165) is 0 Å². The maximum Gasteiger partial charge on any atom is 0.322 e. The number of rotatable bonds is 2. The number of carboxylic acid groups (broad SMARTS) is 1. The van der Waals surface area contributed by atoms with E-state index < -0.39 is 5.97 Å². The molecule has 1 aromatic heterocycles. The van der Waals surface area contributed by atoms with Crippen LogP contribution >= 0.6 is 0 Å². The molecule has 0 saturated heterocycles. The third-order valence-electron chi connectivity index (χ3n) is 0.985. The Bertz CT molecular complexity index is 213. The molecular formula is C8H12N2O3. The molecule has 0 aliphatic rings. The first-order chi connectivity index (χ1) is 6.13. The summed E-state index contributed by atoms with van der Waals surface area (Å²) >= 11 is 0. The lowest BCUT2D eigenvalue weighted by Gasteiger charge is -1.92. The average Bonchev–Trinajstić information content (AvgIpc) is 2.57. The van der Waals surface area contributed by atoms with Crippen molar-refractivity contribution in [1.29, 1.82) is 0 Å². The predicted molar refractivity (Wildman–Crippen MR) is 47.1 cm³/mol. The number of carbonyl (C=O) groups is 2. The number of carboxylic acids is 1. The number of carbonyl (C=O) groups excluding carboxylic acids is 1. The van der Waals surface area contributed by atoms with E-state index in [2.05, 4.69) is 10.3 Å². The fourth-order valence-electron chi connectivity index (χ4n) is 0.478. The largest absolute Gasteiger partial charge is 0.480 e. The summed E-state index contributed by atoms with van der Waals surface area (Å²) in [4.78, 5) is 22.5. The van der Waals surface area contributed by atoms with Gasteiger partial charge in [-0.15, -0.1) is 0 Å². The maximum atomic E-state index is 9.97. The van der Waals surface area contributed by atoms with E-state index in [1.165, 1.54) is 6.92 Å². The highest BCUT2D eigenvalue weighted by molar-refractivity contribution is 5.79. The molecule has 1 rings (SSSR count). The third kappa shape index (κ3) is 10.2. The number of hydrogen-bond donors (Lipinski definition) is 3. The Labute approximate surface area is 75.8 Å². The van der Waals surface area contributed by atoms with Gasteiger partial charge in [-0.3, -0.25) is 9.59 Å². The number of aromatic nitrogens is 1.